The van der Waals surface area contributed by atoms with Crippen molar-refractivity contribution in [2.45, 2.75) is 51.2 Å². The van der Waals surface area contributed by atoms with Crippen molar-refractivity contribution in [3.05, 3.63) is 35.9 Å². The van der Waals surface area contributed by atoms with E-state index in [1.54, 1.807) is 0 Å². The van der Waals surface area contributed by atoms with Gasteiger partial charge in [-0.25, -0.2) is 0 Å². The fraction of sp³-hybridized carbons (Fsp3) is 0.562. The lowest BCUT2D eigenvalue weighted by atomic mass is 9.86. The second kappa shape index (κ2) is 6.71. The summed E-state index contributed by atoms with van der Waals surface area (Å²) in [5, 5.41) is 3.47. The van der Waals surface area contributed by atoms with Crippen molar-refractivity contribution in [3.8, 4) is 0 Å². The van der Waals surface area contributed by atoms with Crippen LogP contribution in [0.15, 0.2) is 30.3 Å². The van der Waals surface area contributed by atoms with E-state index in [2.05, 4.69) is 5.32 Å². The van der Waals surface area contributed by atoms with Gasteiger partial charge in [0, 0.05) is 6.04 Å². The monoisotopic (exact) mass is 261 g/mol. The third kappa shape index (κ3) is 3.80. The summed E-state index contributed by atoms with van der Waals surface area (Å²) in [4.78, 5) is 12.4. The maximum Gasteiger partial charge on any atom is 0.315 e. The Labute approximate surface area is 115 Å². The molecule has 1 aliphatic rings. The molecule has 2 rings (SSSR count). The van der Waals surface area contributed by atoms with Gasteiger partial charge in [-0.3, -0.25) is 4.79 Å². The molecule has 2 atom stereocenters. The van der Waals surface area contributed by atoms with Gasteiger partial charge >= 0.3 is 5.97 Å². The summed E-state index contributed by atoms with van der Waals surface area (Å²) in [7, 11) is 0. The Kier molecular flexibility index (Phi) is 4.97. The molecule has 1 saturated heterocycles. The maximum atomic E-state index is 12.4. The number of carbonyl (C=O) groups excluding carboxylic acids is 1. The smallest absolute Gasteiger partial charge is 0.315 e. The van der Waals surface area contributed by atoms with E-state index < -0.39 is 0 Å². The van der Waals surface area contributed by atoms with E-state index in [9.17, 15) is 4.79 Å². The number of rotatable bonds is 4. The second-order valence-electron chi connectivity index (χ2n) is 5.43. The van der Waals surface area contributed by atoms with Crippen LogP contribution in [0.4, 0.5) is 0 Å². The summed E-state index contributed by atoms with van der Waals surface area (Å²) in [5.74, 6) is -0.301. The third-order valence-corrected chi connectivity index (χ3v) is 3.52. The zero-order valence-corrected chi connectivity index (χ0v) is 11.8. The van der Waals surface area contributed by atoms with E-state index in [1.807, 2.05) is 44.2 Å². The molecule has 1 aliphatic heterocycles. The highest BCUT2D eigenvalue weighted by Gasteiger charge is 2.32. The average Bonchev–Trinajstić information content (AvgIpc) is 2.40. The number of hydrogen-bond acceptors (Lipinski definition) is 3. The van der Waals surface area contributed by atoms with E-state index in [0.717, 1.165) is 18.5 Å². The molecule has 0 aromatic heterocycles. The Balaban J connectivity index is 2.19. The summed E-state index contributed by atoms with van der Waals surface area (Å²) >= 11 is 0. The van der Waals surface area contributed by atoms with Crippen molar-refractivity contribution >= 4 is 5.97 Å². The molecule has 0 saturated carbocycles. The van der Waals surface area contributed by atoms with E-state index in [-0.39, 0.29) is 24.0 Å². The topological polar surface area (TPSA) is 38.3 Å². The molecule has 1 aromatic carbocycles. The Hall–Kier alpha value is -1.35. The number of hydrogen-bond donors (Lipinski definition) is 1. The summed E-state index contributed by atoms with van der Waals surface area (Å²) < 4.78 is 5.44. The molecule has 0 radical (unpaired) electrons. The fourth-order valence-electron chi connectivity index (χ4n) is 2.66. The van der Waals surface area contributed by atoms with Gasteiger partial charge in [-0.1, -0.05) is 36.8 Å². The van der Waals surface area contributed by atoms with E-state index in [4.69, 9.17) is 4.74 Å². The normalized spacial score (nSPS) is 21.1. The highest BCUT2D eigenvalue weighted by atomic mass is 16.5. The van der Waals surface area contributed by atoms with Crippen molar-refractivity contribution in [1.29, 1.82) is 0 Å². The minimum absolute atomic E-state index is 0.0673. The van der Waals surface area contributed by atoms with Gasteiger partial charge in [-0.15, -0.1) is 0 Å². The maximum absolute atomic E-state index is 12.4. The SMILES string of the molecule is CC(C)OC(=O)[C@H](c1ccccc1)[C@@H]1CCCCN1. The first-order chi connectivity index (χ1) is 9.18. The van der Waals surface area contributed by atoms with Crippen molar-refractivity contribution < 1.29 is 9.53 Å². The lowest BCUT2D eigenvalue weighted by Gasteiger charge is -2.30. The second-order valence-corrected chi connectivity index (χ2v) is 5.43. The molecular formula is C16H23NO2. The molecule has 3 nitrogen and oxygen atoms in total. The zero-order chi connectivity index (χ0) is 13.7. The van der Waals surface area contributed by atoms with Crippen LogP contribution < -0.4 is 5.32 Å². The van der Waals surface area contributed by atoms with Crippen molar-refractivity contribution in [1.82, 2.24) is 5.32 Å². The van der Waals surface area contributed by atoms with Crippen LogP contribution >= 0.6 is 0 Å². The van der Waals surface area contributed by atoms with Crippen LogP contribution in [0.1, 0.15) is 44.6 Å². The Morgan fingerprint density at radius 1 is 1.26 bits per heavy atom. The quantitative estimate of drug-likeness (QED) is 0.847. The first kappa shape index (κ1) is 14.1. The molecule has 19 heavy (non-hydrogen) atoms. The molecule has 0 aliphatic carbocycles. The Morgan fingerprint density at radius 2 is 2.00 bits per heavy atom. The molecule has 3 heteroatoms. The van der Waals surface area contributed by atoms with Crippen LogP contribution in [-0.2, 0) is 9.53 Å². The molecular weight excluding hydrogens is 238 g/mol. The number of nitrogens with one attached hydrogen (secondary N) is 1. The summed E-state index contributed by atoms with van der Waals surface area (Å²) in [6.45, 7) is 4.78. The number of ether oxygens (including phenoxy) is 1. The zero-order valence-electron chi connectivity index (χ0n) is 11.8. The van der Waals surface area contributed by atoms with Crippen LogP contribution in [0.25, 0.3) is 0 Å². The molecule has 0 spiro atoms. The molecule has 1 N–H and O–H groups in total. The van der Waals surface area contributed by atoms with E-state index >= 15 is 0 Å². The van der Waals surface area contributed by atoms with Gasteiger partial charge in [0.1, 0.15) is 0 Å². The lowest BCUT2D eigenvalue weighted by Crippen LogP contribution is -2.42. The van der Waals surface area contributed by atoms with Crippen molar-refractivity contribution in [3.63, 3.8) is 0 Å². The number of piperidine rings is 1. The molecule has 0 amide bonds. The van der Waals surface area contributed by atoms with Crippen molar-refractivity contribution in [2.24, 2.45) is 0 Å². The van der Waals surface area contributed by atoms with Crippen molar-refractivity contribution in [2.75, 3.05) is 6.54 Å². The third-order valence-electron chi connectivity index (χ3n) is 3.52. The van der Waals surface area contributed by atoms with Gasteiger partial charge in [0.25, 0.3) is 0 Å². The van der Waals surface area contributed by atoms with Gasteiger partial charge in [0.05, 0.1) is 12.0 Å². The number of benzene rings is 1. The van der Waals surface area contributed by atoms with Crippen LogP contribution in [0.2, 0.25) is 0 Å². The van der Waals surface area contributed by atoms with Gasteiger partial charge in [-0.05, 0) is 38.8 Å². The molecule has 0 unspecified atom stereocenters. The Bertz CT molecular complexity index is 396. The van der Waals surface area contributed by atoms with Crippen LogP contribution in [0.3, 0.4) is 0 Å². The standard InChI is InChI=1S/C16H23NO2/c1-12(2)19-16(18)15(13-8-4-3-5-9-13)14-10-6-7-11-17-14/h3-5,8-9,12,14-15,17H,6-7,10-11H2,1-2H3/t14-,15+/m0/s1. The molecule has 104 valence electrons. The van der Waals surface area contributed by atoms with Gasteiger partial charge in [-0.2, -0.15) is 0 Å². The molecule has 1 heterocycles. The first-order valence-corrected chi connectivity index (χ1v) is 7.17. The summed E-state index contributed by atoms with van der Waals surface area (Å²) in [6, 6.07) is 10.2. The molecule has 1 fully saturated rings. The lowest BCUT2D eigenvalue weighted by molar-refractivity contribution is -0.150. The van der Waals surface area contributed by atoms with Gasteiger partial charge in [0.2, 0.25) is 0 Å². The van der Waals surface area contributed by atoms with Crippen LogP contribution in [0.5, 0.6) is 0 Å². The number of esters is 1. The van der Waals surface area contributed by atoms with E-state index in [0.29, 0.717) is 0 Å². The van der Waals surface area contributed by atoms with E-state index in [1.165, 1.54) is 12.8 Å². The Morgan fingerprint density at radius 3 is 2.58 bits per heavy atom. The van der Waals surface area contributed by atoms with Crippen LogP contribution in [0, 0.1) is 0 Å². The highest BCUT2D eigenvalue weighted by molar-refractivity contribution is 5.79. The highest BCUT2D eigenvalue weighted by Crippen LogP contribution is 2.27. The minimum atomic E-state index is -0.191. The largest absolute Gasteiger partial charge is 0.462 e. The summed E-state index contributed by atoms with van der Waals surface area (Å²) in [6.07, 6.45) is 3.34. The predicted octanol–water partition coefficient (Wildman–Crippen LogP) is 2.86. The summed E-state index contributed by atoms with van der Waals surface area (Å²) in [5.41, 5.74) is 1.05. The van der Waals surface area contributed by atoms with Gasteiger partial charge < -0.3 is 10.1 Å². The molecule has 1 aromatic rings. The van der Waals surface area contributed by atoms with Crippen LogP contribution in [-0.4, -0.2) is 24.7 Å². The average molecular weight is 261 g/mol. The number of carbonyl (C=O) groups is 1. The first-order valence-electron chi connectivity index (χ1n) is 7.17. The molecule has 0 bridgehead atoms. The minimum Gasteiger partial charge on any atom is -0.462 e. The predicted molar refractivity (Wildman–Crippen MR) is 76.1 cm³/mol. The fourth-order valence-corrected chi connectivity index (χ4v) is 2.66. The van der Waals surface area contributed by atoms with Gasteiger partial charge in [0.15, 0.2) is 0 Å².